The molecule has 0 spiro atoms. The first-order valence-electron chi connectivity index (χ1n) is 11.9. The number of hydrogen-bond donors (Lipinski definition) is 0. The van der Waals surface area contributed by atoms with Crippen molar-refractivity contribution in [2.24, 2.45) is 5.92 Å². The van der Waals surface area contributed by atoms with E-state index in [-0.39, 0.29) is 0 Å². The number of ether oxygens (including phenoxy) is 2. The molecule has 2 aromatic carbocycles. The highest BCUT2D eigenvalue weighted by Crippen LogP contribution is 2.27. The standard InChI is InChI=1S/C26H31ClN4O2/c1-19-16-30(12-15-33-19)17-20-2-4-23(5-3-20)26-28-25(22-6-8-24(27)9-7-22)29-31(26)18-21-10-13-32-14-11-21/h2-9,19,21H,10-18H2,1H3. The Morgan fingerprint density at radius 1 is 0.970 bits per heavy atom. The molecule has 33 heavy (non-hydrogen) atoms. The van der Waals surface area contributed by atoms with Crippen LogP contribution >= 0.6 is 11.6 Å². The Labute approximate surface area is 200 Å². The zero-order valence-electron chi connectivity index (χ0n) is 19.1. The molecule has 1 atom stereocenters. The maximum Gasteiger partial charge on any atom is 0.181 e. The molecule has 2 saturated heterocycles. The van der Waals surface area contributed by atoms with Gasteiger partial charge in [0.15, 0.2) is 11.6 Å². The van der Waals surface area contributed by atoms with E-state index in [2.05, 4.69) is 40.8 Å². The second kappa shape index (κ2) is 10.3. The van der Waals surface area contributed by atoms with Crippen molar-refractivity contribution in [1.29, 1.82) is 0 Å². The molecule has 0 saturated carbocycles. The second-order valence-electron chi connectivity index (χ2n) is 9.12. The summed E-state index contributed by atoms with van der Waals surface area (Å²) in [6, 6.07) is 16.5. The molecule has 5 rings (SSSR count). The van der Waals surface area contributed by atoms with Crippen molar-refractivity contribution in [3.05, 3.63) is 59.1 Å². The van der Waals surface area contributed by atoms with E-state index in [1.807, 2.05) is 24.3 Å². The van der Waals surface area contributed by atoms with Gasteiger partial charge in [0.25, 0.3) is 0 Å². The van der Waals surface area contributed by atoms with Crippen LogP contribution in [0.5, 0.6) is 0 Å². The summed E-state index contributed by atoms with van der Waals surface area (Å²) in [6.45, 7) is 8.36. The van der Waals surface area contributed by atoms with Gasteiger partial charge in [0.05, 0.1) is 12.7 Å². The lowest BCUT2D eigenvalue weighted by atomic mass is 10.0. The SMILES string of the molecule is CC1CN(Cc2ccc(-c3nc(-c4ccc(Cl)cc4)nn3CC3CCOCC3)cc2)CCO1. The summed E-state index contributed by atoms with van der Waals surface area (Å²) in [5, 5.41) is 5.62. The lowest BCUT2D eigenvalue weighted by Crippen LogP contribution is -2.40. The Hall–Kier alpha value is -2.25. The molecule has 174 valence electrons. The highest BCUT2D eigenvalue weighted by molar-refractivity contribution is 6.30. The molecule has 0 N–H and O–H groups in total. The van der Waals surface area contributed by atoms with E-state index in [4.69, 9.17) is 31.2 Å². The Kier molecular flexibility index (Phi) is 7.07. The lowest BCUT2D eigenvalue weighted by Gasteiger charge is -2.31. The summed E-state index contributed by atoms with van der Waals surface area (Å²) in [5.74, 6) is 2.21. The Bertz CT molecular complexity index is 1050. The topological polar surface area (TPSA) is 52.4 Å². The summed E-state index contributed by atoms with van der Waals surface area (Å²) in [4.78, 5) is 7.41. The third kappa shape index (κ3) is 5.64. The molecule has 1 unspecified atom stereocenters. The molecule has 7 heteroatoms. The summed E-state index contributed by atoms with van der Waals surface area (Å²) >= 11 is 6.08. The van der Waals surface area contributed by atoms with Gasteiger partial charge in [-0.05, 0) is 55.5 Å². The molecule has 0 radical (unpaired) electrons. The fourth-order valence-corrected chi connectivity index (χ4v) is 4.76. The number of halogens is 1. The van der Waals surface area contributed by atoms with Crippen molar-refractivity contribution < 1.29 is 9.47 Å². The van der Waals surface area contributed by atoms with Gasteiger partial charge in [0.2, 0.25) is 0 Å². The molecule has 0 bridgehead atoms. The van der Waals surface area contributed by atoms with Crippen molar-refractivity contribution in [1.82, 2.24) is 19.7 Å². The van der Waals surface area contributed by atoms with Gasteiger partial charge >= 0.3 is 0 Å². The van der Waals surface area contributed by atoms with Crippen molar-refractivity contribution >= 4 is 11.6 Å². The smallest absolute Gasteiger partial charge is 0.181 e. The van der Waals surface area contributed by atoms with Gasteiger partial charge < -0.3 is 9.47 Å². The number of nitrogens with zero attached hydrogens (tertiary/aromatic N) is 4. The van der Waals surface area contributed by atoms with Crippen LogP contribution in [0.15, 0.2) is 48.5 Å². The van der Waals surface area contributed by atoms with Gasteiger partial charge in [-0.2, -0.15) is 5.10 Å². The molecule has 1 aromatic heterocycles. The van der Waals surface area contributed by atoms with Crippen molar-refractivity contribution in [3.63, 3.8) is 0 Å². The van der Waals surface area contributed by atoms with Gasteiger partial charge in [-0.3, -0.25) is 4.90 Å². The molecule has 0 aliphatic carbocycles. The summed E-state index contributed by atoms with van der Waals surface area (Å²) in [6.07, 6.45) is 2.42. The molecular formula is C26H31ClN4O2. The van der Waals surface area contributed by atoms with Gasteiger partial charge in [0.1, 0.15) is 0 Å². The molecule has 2 fully saturated rings. The molecule has 2 aliphatic heterocycles. The van der Waals surface area contributed by atoms with Crippen LogP contribution in [0.2, 0.25) is 5.02 Å². The van der Waals surface area contributed by atoms with E-state index in [0.29, 0.717) is 17.0 Å². The van der Waals surface area contributed by atoms with Crippen LogP contribution < -0.4 is 0 Å². The average Bonchev–Trinajstić information content (AvgIpc) is 3.24. The molecule has 3 aromatic rings. The lowest BCUT2D eigenvalue weighted by molar-refractivity contribution is -0.0212. The van der Waals surface area contributed by atoms with Crippen molar-refractivity contribution in [3.8, 4) is 22.8 Å². The zero-order valence-corrected chi connectivity index (χ0v) is 19.9. The molecule has 3 heterocycles. The third-order valence-electron chi connectivity index (χ3n) is 6.49. The predicted octanol–water partition coefficient (Wildman–Crippen LogP) is 4.91. The van der Waals surface area contributed by atoms with E-state index >= 15 is 0 Å². The number of rotatable bonds is 6. The first-order valence-corrected chi connectivity index (χ1v) is 12.2. The van der Waals surface area contributed by atoms with Crippen LogP contribution in [0.1, 0.15) is 25.3 Å². The Morgan fingerprint density at radius 2 is 1.70 bits per heavy atom. The molecule has 0 amide bonds. The fourth-order valence-electron chi connectivity index (χ4n) is 4.63. The molecular weight excluding hydrogens is 436 g/mol. The first-order chi connectivity index (χ1) is 16.1. The fraction of sp³-hybridized carbons (Fsp3) is 0.462. The summed E-state index contributed by atoms with van der Waals surface area (Å²) in [5.41, 5.74) is 3.37. The van der Waals surface area contributed by atoms with Crippen LogP contribution in [0.25, 0.3) is 22.8 Å². The van der Waals surface area contributed by atoms with Crippen LogP contribution in [0.3, 0.4) is 0 Å². The van der Waals surface area contributed by atoms with Gasteiger partial charge in [-0.15, -0.1) is 0 Å². The van der Waals surface area contributed by atoms with Gasteiger partial charge in [0, 0.05) is 55.5 Å². The molecule has 6 nitrogen and oxygen atoms in total. The number of benzene rings is 2. The largest absolute Gasteiger partial charge is 0.381 e. The predicted molar refractivity (Wildman–Crippen MR) is 130 cm³/mol. The van der Waals surface area contributed by atoms with Crippen molar-refractivity contribution in [2.45, 2.75) is 39.0 Å². The van der Waals surface area contributed by atoms with Gasteiger partial charge in [-0.25, -0.2) is 9.67 Å². The summed E-state index contributed by atoms with van der Waals surface area (Å²) < 4.78 is 13.3. The van der Waals surface area contributed by atoms with Crippen LogP contribution in [0.4, 0.5) is 0 Å². The second-order valence-corrected chi connectivity index (χ2v) is 9.55. The third-order valence-corrected chi connectivity index (χ3v) is 6.74. The minimum absolute atomic E-state index is 0.299. The van der Waals surface area contributed by atoms with E-state index in [0.717, 1.165) is 81.6 Å². The number of morpholine rings is 1. The Morgan fingerprint density at radius 3 is 2.42 bits per heavy atom. The number of aromatic nitrogens is 3. The Balaban J connectivity index is 1.39. The maximum absolute atomic E-state index is 6.08. The first kappa shape index (κ1) is 22.5. The normalized spacial score (nSPS) is 20.2. The average molecular weight is 467 g/mol. The zero-order chi connectivity index (χ0) is 22.6. The van der Waals surface area contributed by atoms with E-state index in [1.54, 1.807) is 0 Å². The van der Waals surface area contributed by atoms with E-state index in [1.165, 1.54) is 5.56 Å². The van der Waals surface area contributed by atoms with Crippen LogP contribution in [-0.4, -0.2) is 58.7 Å². The minimum Gasteiger partial charge on any atom is -0.381 e. The number of hydrogen-bond acceptors (Lipinski definition) is 5. The minimum atomic E-state index is 0.299. The van der Waals surface area contributed by atoms with Crippen LogP contribution in [-0.2, 0) is 22.6 Å². The highest BCUT2D eigenvalue weighted by Gasteiger charge is 2.20. The highest BCUT2D eigenvalue weighted by atomic mass is 35.5. The van der Waals surface area contributed by atoms with E-state index in [9.17, 15) is 0 Å². The van der Waals surface area contributed by atoms with Gasteiger partial charge in [-0.1, -0.05) is 35.9 Å². The van der Waals surface area contributed by atoms with Crippen molar-refractivity contribution in [2.75, 3.05) is 32.9 Å². The quantitative estimate of drug-likeness (QED) is 0.516. The maximum atomic E-state index is 6.08. The molecule has 2 aliphatic rings. The summed E-state index contributed by atoms with van der Waals surface area (Å²) in [7, 11) is 0. The van der Waals surface area contributed by atoms with E-state index < -0.39 is 0 Å². The monoisotopic (exact) mass is 466 g/mol. The van der Waals surface area contributed by atoms with Crippen LogP contribution in [0, 0.1) is 5.92 Å².